The summed E-state index contributed by atoms with van der Waals surface area (Å²) in [7, 11) is 0. The van der Waals surface area contributed by atoms with Crippen LogP contribution in [0.15, 0.2) is 34.2 Å². The average molecular weight is 400 g/mol. The van der Waals surface area contributed by atoms with Gasteiger partial charge in [-0.3, -0.25) is 14.2 Å². The number of nitrogens with one attached hydrogen (secondary N) is 1. The van der Waals surface area contributed by atoms with Crippen molar-refractivity contribution in [3.8, 4) is 0 Å². The van der Waals surface area contributed by atoms with Crippen molar-refractivity contribution in [2.45, 2.75) is 57.1 Å². The molecule has 0 spiro atoms. The van der Waals surface area contributed by atoms with E-state index >= 15 is 0 Å². The van der Waals surface area contributed by atoms with Crippen LogP contribution < -0.4 is 10.9 Å². The lowest BCUT2D eigenvalue weighted by Crippen LogP contribution is -2.35. The normalized spacial score (nSPS) is 25.0. The molecule has 1 amide bonds. The number of carbonyl (C=O) groups excluding carboxylic acids is 1. The van der Waals surface area contributed by atoms with E-state index < -0.39 is 0 Å². The Hall–Kier alpha value is -1.82. The van der Waals surface area contributed by atoms with Gasteiger partial charge in [-0.05, 0) is 49.1 Å². The average Bonchev–Trinajstić information content (AvgIpc) is 3.52. The van der Waals surface area contributed by atoms with Crippen LogP contribution in [0.5, 0.6) is 0 Å². The van der Waals surface area contributed by atoms with Gasteiger partial charge in [0.2, 0.25) is 5.91 Å². The zero-order valence-electron chi connectivity index (χ0n) is 16.7. The monoisotopic (exact) mass is 399 g/mol. The number of benzene rings is 1. The molecule has 3 unspecified atom stereocenters. The Morgan fingerprint density at radius 1 is 1.21 bits per heavy atom. The van der Waals surface area contributed by atoms with Crippen LogP contribution in [0.2, 0.25) is 0 Å². The summed E-state index contributed by atoms with van der Waals surface area (Å²) in [5.74, 6) is 1.98. The van der Waals surface area contributed by atoms with Gasteiger partial charge in [0.15, 0.2) is 5.16 Å². The van der Waals surface area contributed by atoms with Crippen LogP contribution in [0.4, 0.5) is 0 Å². The molecule has 6 heteroatoms. The highest BCUT2D eigenvalue weighted by Gasteiger charge is 2.31. The summed E-state index contributed by atoms with van der Waals surface area (Å²) in [6.45, 7) is 5.29. The van der Waals surface area contributed by atoms with Crippen molar-refractivity contribution in [3.05, 3.63) is 34.6 Å². The Labute approximate surface area is 170 Å². The number of thioether (sulfide) groups is 1. The molecular formula is C22H29N3O2S. The SMILES string of the molecule is CC1CCCC(n2c(SCC(=O)NCC3CC3)nc3ccccc3c2=O)C1C. The predicted octanol–water partition coefficient (Wildman–Crippen LogP) is 4.01. The lowest BCUT2D eigenvalue weighted by atomic mass is 9.78. The third-order valence-electron chi connectivity index (χ3n) is 6.39. The van der Waals surface area contributed by atoms with Crippen LogP contribution in [-0.2, 0) is 4.79 Å². The van der Waals surface area contributed by atoms with E-state index in [1.54, 1.807) is 0 Å². The van der Waals surface area contributed by atoms with Gasteiger partial charge in [-0.2, -0.15) is 0 Å². The Bertz CT molecular complexity index is 922. The lowest BCUT2D eigenvalue weighted by molar-refractivity contribution is -0.118. The van der Waals surface area contributed by atoms with Gasteiger partial charge in [0.25, 0.3) is 5.56 Å². The van der Waals surface area contributed by atoms with Crippen molar-refractivity contribution in [2.75, 3.05) is 12.3 Å². The molecule has 5 nitrogen and oxygen atoms in total. The third kappa shape index (κ3) is 4.12. The van der Waals surface area contributed by atoms with Crippen LogP contribution in [0.25, 0.3) is 10.9 Å². The maximum atomic E-state index is 13.4. The minimum absolute atomic E-state index is 0.0240. The first-order valence-electron chi connectivity index (χ1n) is 10.5. The number of nitrogens with zero attached hydrogens (tertiary/aromatic N) is 2. The molecule has 0 radical (unpaired) electrons. The maximum absolute atomic E-state index is 13.4. The van der Waals surface area contributed by atoms with Gasteiger partial charge in [-0.15, -0.1) is 0 Å². The Morgan fingerprint density at radius 2 is 2.00 bits per heavy atom. The number of hydrogen-bond donors (Lipinski definition) is 1. The van der Waals surface area contributed by atoms with Gasteiger partial charge in [0.1, 0.15) is 0 Å². The zero-order valence-corrected chi connectivity index (χ0v) is 17.5. The molecule has 2 aromatic rings. The highest BCUT2D eigenvalue weighted by Crippen LogP contribution is 2.38. The summed E-state index contributed by atoms with van der Waals surface area (Å²) >= 11 is 1.39. The number of fused-ring (bicyclic) bond motifs is 1. The van der Waals surface area contributed by atoms with Crippen LogP contribution in [-0.4, -0.2) is 27.8 Å². The Balaban J connectivity index is 1.64. The molecule has 150 valence electrons. The molecule has 1 heterocycles. The number of aromatic nitrogens is 2. The predicted molar refractivity (Wildman–Crippen MR) is 114 cm³/mol. The van der Waals surface area contributed by atoms with Crippen molar-refractivity contribution in [1.82, 2.24) is 14.9 Å². The molecule has 2 saturated carbocycles. The van der Waals surface area contributed by atoms with Gasteiger partial charge < -0.3 is 5.32 Å². The summed E-state index contributed by atoms with van der Waals surface area (Å²) in [5.41, 5.74) is 0.735. The van der Waals surface area contributed by atoms with Crippen LogP contribution in [0.3, 0.4) is 0 Å². The molecule has 2 fully saturated rings. The van der Waals surface area contributed by atoms with E-state index in [1.165, 1.54) is 31.0 Å². The van der Waals surface area contributed by atoms with Gasteiger partial charge in [-0.25, -0.2) is 4.98 Å². The summed E-state index contributed by atoms with van der Waals surface area (Å²) in [6.07, 6.45) is 5.77. The Kier molecular flexibility index (Phi) is 5.76. The molecule has 4 rings (SSSR count). The first-order chi connectivity index (χ1) is 13.5. The van der Waals surface area contributed by atoms with E-state index in [9.17, 15) is 9.59 Å². The van der Waals surface area contributed by atoms with Crippen molar-refractivity contribution in [2.24, 2.45) is 17.8 Å². The molecular weight excluding hydrogens is 370 g/mol. The highest BCUT2D eigenvalue weighted by molar-refractivity contribution is 7.99. The van der Waals surface area contributed by atoms with E-state index in [0.29, 0.717) is 39.6 Å². The van der Waals surface area contributed by atoms with E-state index in [1.807, 2.05) is 28.8 Å². The second-order valence-electron chi connectivity index (χ2n) is 8.46. The summed E-state index contributed by atoms with van der Waals surface area (Å²) in [4.78, 5) is 30.4. The summed E-state index contributed by atoms with van der Waals surface area (Å²) in [5, 5.41) is 4.35. The molecule has 0 aliphatic heterocycles. The highest BCUT2D eigenvalue weighted by atomic mass is 32.2. The number of amides is 1. The Morgan fingerprint density at radius 3 is 2.79 bits per heavy atom. The first-order valence-corrected chi connectivity index (χ1v) is 11.4. The number of rotatable bonds is 6. The summed E-state index contributed by atoms with van der Waals surface area (Å²) in [6, 6.07) is 7.67. The van der Waals surface area contributed by atoms with Gasteiger partial charge in [0.05, 0.1) is 16.7 Å². The lowest BCUT2D eigenvalue weighted by Gasteiger charge is -2.36. The molecule has 1 aromatic carbocycles. The molecule has 0 saturated heterocycles. The fraction of sp³-hybridized carbons (Fsp3) is 0.591. The van der Waals surface area contributed by atoms with Crippen LogP contribution in [0, 0.1) is 17.8 Å². The zero-order chi connectivity index (χ0) is 19.7. The van der Waals surface area contributed by atoms with E-state index in [0.717, 1.165) is 19.4 Å². The minimum atomic E-state index is 0.0240. The van der Waals surface area contributed by atoms with Crippen LogP contribution >= 0.6 is 11.8 Å². The minimum Gasteiger partial charge on any atom is -0.355 e. The van der Waals surface area contributed by atoms with Crippen molar-refractivity contribution in [1.29, 1.82) is 0 Å². The number of hydrogen-bond acceptors (Lipinski definition) is 4. The van der Waals surface area contributed by atoms with Crippen LogP contribution in [0.1, 0.15) is 52.0 Å². The van der Waals surface area contributed by atoms with Gasteiger partial charge in [-0.1, -0.05) is 50.6 Å². The molecule has 0 bridgehead atoms. The quantitative estimate of drug-likeness (QED) is 0.589. The molecule has 2 aliphatic rings. The summed E-state index contributed by atoms with van der Waals surface area (Å²) < 4.78 is 1.89. The van der Waals surface area contributed by atoms with Crippen molar-refractivity contribution < 1.29 is 4.79 Å². The maximum Gasteiger partial charge on any atom is 0.262 e. The van der Waals surface area contributed by atoms with Gasteiger partial charge >= 0.3 is 0 Å². The first kappa shape index (κ1) is 19.5. The van der Waals surface area contributed by atoms with Gasteiger partial charge in [0, 0.05) is 12.6 Å². The van der Waals surface area contributed by atoms with Crippen molar-refractivity contribution in [3.63, 3.8) is 0 Å². The second-order valence-corrected chi connectivity index (χ2v) is 9.40. The number of para-hydroxylation sites is 1. The molecule has 1 aromatic heterocycles. The van der Waals surface area contributed by atoms with E-state index in [2.05, 4.69) is 19.2 Å². The van der Waals surface area contributed by atoms with E-state index in [-0.39, 0.29) is 17.5 Å². The number of carbonyl (C=O) groups is 1. The standard InChI is InChI=1S/C22H29N3O2S/c1-14-6-5-9-19(15(14)2)25-21(27)17-7-3-4-8-18(17)24-22(25)28-13-20(26)23-12-16-10-11-16/h3-4,7-8,14-16,19H,5-6,9-13H2,1-2H3,(H,23,26). The smallest absolute Gasteiger partial charge is 0.262 e. The van der Waals surface area contributed by atoms with E-state index in [4.69, 9.17) is 4.98 Å². The fourth-order valence-electron chi connectivity index (χ4n) is 4.20. The molecule has 1 N–H and O–H groups in total. The molecule has 3 atom stereocenters. The van der Waals surface area contributed by atoms with Crippen molar-refractivity contribution >= 4 is 28.6 Å². The molecule has 28 heavy (non-hydrogen) atoms. The topological polar surface area (TPSA) is 64.0 Å². The second kappa shape index (κ2) is 8.27. The third-order valence-corrected chi connectivity index (χ3v) is 7.34. The fourth-order valence-corrected chi connectivity index (χ4v) is 5.08. The largest absolute Gasteiger partial charge is 0.355 e. The molecule has 2 aliphatic carbocycles.